The summed E-state index contributed by atoms with van der Waals surface area (Å²) in [5.74, 6) is 0.0366. The van der Waals surface area contributed by atoms with Gasteiger partial charge in [0.25, 0.3) is 0 Å². The molecule has 1 saturated heterocycles. The first-order valence-electron chi connectivity index (χ1n) is 6.56. The van der Waals surface area contributed by atoms with Gasteiger partial charge in [-0.05, 0) is 37.4 Å². The maximum atomic E-state index is 13.7. The second-order valence-electron chi connectivity index (χ2n) is 4.98. The number of benzene rings is 1. The van der Waals surface area contributed by atoms with Crippen molar-refractivity contribution in [2.45, 2.75) is 25.3 Å². The Bertz CT molecular complexity index is 399. The molecule has 2 atom stereocenters. The minimum absolute atomic E-state index is 0.0293. The highest BCUT2D eigenvalue weighted by atomic mass is 19.1. The molecule has 0 bridgehead atoms. The van der Waals surface area contributed by atoms with Crippen LogP contribution in [0.25, 0.3) is 0 Å². The van der Waals surface area contributed by atoms with E-state index in [2.05, 4.69) is 17.6 Å². The molecule has 2 unspecified atom stereocenters. The van der Waals surface area contributed by atoms with Gasteiger partial charge in [-0.3, -0.25) is 0 Å². The number of para-hydroxylation sites is 1. The molecular weight excluding hydrogens is 231 g/mol. The van der Waals surface area contributed by atoms with Gasteiger partial charge in [0.05, 0.1) is 17.8 Å². The molecule has 18 heavy (non-hydrogen) atoms. The Morgan fingerprint density at radius 2 is 2.28 bits per heavy atom. The van der Waals surface area contributed by atoms with Gasteiger partial charge in [-0.25, -0.2) is 4.39 Å². The lowest BCUT2D eigenvalue weighted by Gasteiger charge is -2.44. The standard InChI is InChI=1S/C14H21FN2O/c1-2-11-9-16-8-7-14(11,10-18)17-13-6-4-3-5-12(13)15/h3-6,11,16-18H,2,7-10H2,1H3. The number of nitrogens with one attached hydrogen (secondary N) is 2. The van der Waals surface area contributed by atoms with Crippen molar-refractivity contribution in [1.82, 2.24) is 5.32 Å². The number of hydrogen-bond donors (Lipinski definition) is 3. The molecule has 1 aliphatic heterocycles. The minimum Gasteiger partial charge on any atom is -0.394 e. The fourth-order valence-corrected chi connectivity index (χ4v) is 2.77. The van der Waals surface area contributed by atoms with Crippen molar-refractivity contribution < 1.29 is 9.50 Å². The summed E-state index contributed by atoms with van der Waals surface area (Å²) in [7, 11) is 0. The fourth-order valence-electron chi connectivity index (χ4n) is 2.77. The van der Waals surface area contributed by atoms with Crippen LogP contribution in [0.1, 0.15) is 19.8 Å². The second kappa shape index (κ2) is 5.67. The van der Waals surface area contributed by atoms with Crippen molar-refractivity contribution in [3.63, 3.8) is 0 Å². The van der Waals surface area contributed by atoms with E-state index in [1.807, 2.05) is 0 Å². The molecule has 0 spiro atoms. The van der Waals surface area contributed by atoms with Crippen LogP contribution in [0.2, 0.25) is 0 Å². The molecule has 0 aromatic heterocycles. The number of rotatable bonds is 4. The zero-order valence-electron chi connectivity index (χ0n) is 10.7. The first kappa shape index (κ1) is 13.3. The summed E-state index contributed by atoms with van der Waals surface area (Å²) >= 11 is 0. The van der Waals surface area contributed by atoms with Gasteiger partial charge in [0.15, 0.2) is 0 Å². The molecule has 1 aromatic carbocycles. The highest BCUT2D eigenvalue weighted by Gasteiger charge is 2.39. The van der Waals surface area contributed by atoms with E-state index in [-0.39, 0.29) is 12.4 Å². The Balaban J connectivity index is 2.24. The van der Waals surface area contributed by atoms with Crippen LogP contribution in [-0.4, -0.2) is 30.3 Å². The summed E-state index contributed by atoms with van der Waals surface area (Å²) in [6.45, 7) is 3.84. The molecule has 0 radical (unpaired) electrons. The monoisotopic (exact) mass is 252 g/mol. The van der Waals surface area contributed by atoms with Crippen LogP contribution in [0, 0.1) is 11.7 Å². The van der Waals surface area contributed by atoms with Crippen molar-refractivity contribution in [2.24, 2.45) is 5.92 Å². The van der Waals surface area contributed by atoms with E-state index < -0.39 is 5.54 Å². The van der Waals surface area contributed by atoms with Gasteiger partial charge in [0.1, 0.15) is 5.82 Å². The number of piperidine rings is 1. The first-order chi connectivity index (χ1) is 8.72. The van der Waals surface area contributed by atoms with E-state index in [9.17, 15) is 9.50 Å². The number of aliphatic hydroxyl groups is 1. The van der Waals surface area contributed by atoms with Crippen molar-refractivity contribution in [2.75, 3.05) is 25.0 Å². The average Bonchev–Trinajstić information content (AvgIpc) is 2.42. The van der Waals surface area contributed by atoms with Crippen LogP contribution in [-0.2, 0) is 0 Å². The largest absolute Gasteiger partial charge is 0.394 e. The fraction of sp³-hybridized carbons (Fsp3) is 0.571. The molecule has 2 rings (SSSR count). The van der Waals surface area contributed by atoms with E-state index in [1.54, 1.807) is 18.2 Å². The zero-order chi connectivity index (χ0) is 13.0. The number of aliphatic hydroxyl groups excluding tert-OH is 1. The summed E-state index contributed by atoms with van der Waals surface area (Å²) in [6, 6.07) is 6.64. The molecule has 0 aliphatic carbocycles. The van der Waals surface area contributed by atoms with Gasteiger partial charge in [-0.2, -0.15) is 0 Å². The van der Waals surface area contributed by atoms with Gasteiger partial charge >= 0.3 is 0 Å². The van der Waals surface area contributed by atoms with Gasteiger partial charge in [-0.15, -0.1) is 0 Å². The SMILES string of the molecule is CCC1CNCCC1(CO)Nc1ccccc1F. The molecule has 3 N–H and O–H groups in total. The van der Waals surface area contributed by atoms with Gasteiger partial charge < -0.3 is 15.7 Å². The Kier molecular flexibility index (Phi) is 4.19. The summed E-state index contributed by atoms with van der Waals surface area (Å²) in [4.78, 5) is 0. The van der Waals surface area contributed by atoms with Crippen molar-refractivity contribution in [1.29, 1.82) is 0 Å². The molecule has 1 aliphatic rings. The second-order valence-corrected chi connectivity index (χ2v) is 4.98. The maximum Gasteiger partial charge on any atom is 0.146 e. The lowest BCUT2D eigenvalue weighted by Crippen LogP contribution is -2.57. The van der Waals surface area contributed by atoms with Crippen LogP contribution in [0.15, 0.2) is 24.3 Å². The number of anilines is 1. The Labute approximate surface area is 107 Å². The maximum absolute atomic E-state index is 13.7. The molecule has 0 amide bonds. The molecule has 1 aromatic rings. The highest BCUT2D eigenvalue weighted by molar-refractivity contribution is 5.47. The van der Waals surface area contributed by atoms with E-state index in [4.69, 9.17) is 0 Å². The van der Waals surface area contributed by atoms with Gasteiger partial charge in [-0.1, -0.05) is 19.1 Å². The van der Waals surface area contributed by atoms with Crippen LogP contribution in [0.5, 0.6) is 0 Å². The number of halogens is 1. The third kappa shape index (κ3) is 2.49. The predicted octanol–water partition coefficient (Wildman–Crippen LogP) is 1.99. The summed E-state index contributed by atoms with van der Waals surface area (Å²) in [5, 5.41) is 16.4. The molecule has 3 nitrogen and oxygen atoms in total. The lowest BCUT2D eigenvalue weighted by molar-refractivity contribution is 0.123. The third-order valence-electron chi connectivity index (χ3n) is 3.95. The quantitative estimate of drug-likeness (QED) is 0.768. The van der Waals surface area contributed by atoms with Crippen LogP contribution < -0.4 is 10.6 Å². The topological polar surface area (TPSA) is 44.3 Å². The van der Waals surface area contributed by atoms with Crippen LogP contribution in [0.4, 0.5) is 10.1 Å². The van der Waals surface area contributed by atoms with Crippen LogP contribution in [0.3, 0.4) is 0 Å². The Hall–Kier alpha value is -1.13. The van der Waals surface area contributed by atoms with E-state index in [1.165, 1.54) is 6.07 Å². The Morgan fingerprint density at radius 1 is 1.50 bits per heavy atom. The average molecular weight is 252 g/mol. The van der Waals surface area contributed by atoms with Crippen molar-refractivity contribution in [3.8, 4) is 0 Å². The minimum atomic E-state index is -0.414. The molecule has 0 saturated carbocycles. The summed E-state index contributed by atoms with van der Waals surface area (Å²) in [6.07, 6.45) is 1.76. The lowest BCUT2D eigenvalue weighted by atomic mass is 9.77. The van der Waals surface area contributed by atoms with Gasteiger partial charge in [0.2, 0.25) is 0 Å². The molecule has 4 heteroatoms. The molecule has 1 fully saturated rings. The normalized spacial score (nSPS) is 28.1. The molecule has 100 valence electrons. The highest BCUT2D eigenvalue weighted by Crippen LogP contribution is 2.31. The van der Waals surface area contributed by atoms with Crippen molar-refractivity contribution in [3.05, 3.63) is 30.1 Å². The van der Waals surface area contributed by atoms with E-state index >= 15 is 0 Å². The zero-order valence-corrected chi connectivity index (χ0v) is 10.7. The predicted molar refractivity (Wildman–Crippen MR) is 71.1 cm³/mol. The smallest absolute Gasteiger partial charge is 0.146 e. The van der Waals surface area contributed by atoms with Gasteiger partial charge in [0, 0.05) is 6.54 Å². The number of hydrogen-bond acceptors (Lipinski definition) is 3. The summed E-state index contributed by atoms with van der Waals surface area (Å²) in [5.41, 5.74) is 0.0641. The first-order valence-corrected chi connectivity index (χ1v) is 6.56. The summed E-state index contributed by atoms with van der Waals surface area (Å²) < 4.78 is 13.7. The van der Waals surface area contributed by atoms with E-state index in [0.717, 1.165) is 25.9 Å². The van der Waals surface area contributed by atoms with Crippen LogP contribution >= 0.6 is 0 Å². The third-order valence-corrected chi connectivity index (χ3v) is 3.95. The van der Waals surface area contributed by atoms with Crippen molar-refractivity contribution >= 4 is 5.69 Å². The van der Waals surface area contributed by atoms with E-state index in [0.29, 0.717) is 11.6 Å². The Morgan fingerprint density at radius 3 is 2.94 bits per heavy atom. The molecular formula is C14H21FN2O. The molecule has 1 heterocycles.